The summed E-state index contributed by atoms with van der Waals surface area (Å²) >= 11 is 0. The number of hydrogen-bond acceptors (Lipinski definition) is 3. The maximum Gasteiger partial charge on any atom is 0.251 e. The summed E-state index contributed by atoms with van der Waals surface area (Å²) in [4.78, 5) is 24.6. The Morgan fingerprint density at radius 1 is 1.14 bits per heavy atom. The maximum atomic E-state index is 12.9. The third-order valence-electron chi connectivity index (χ3n) is 5.44. The number of amides is 2. The predicted octanol–water partition coefficient (Wildman–Crippen LogP) is 3.72. The van der Waals surface area contributed by atoms with E-state index in [9.17, 15) is 14.0 Å². The second-order valence-electron chi connectivity index (χ2n) is 7.72. The highest BCUT2D eigenvalue weighted by Crippen LogP contribution is 2.23. The molecule has 1 aliphatic heterocycles. The van der Waals surface area contributed by atoms with Crippen LogP contribution >= 0.6 is 0 Å². The van der Waals surface area contributed by atoms with Gasteiger partial charge in [-0.1, -0.05) is 19.1 Å². The number of carbonyl (C=O) groups is 2. The second kappa shape index (κ2) is 10.2. The first-order valence-electron chi connectivity index (χ1n) is 10.1. The number of benzene rings is 2. The monoisotopic (exact) mass is 397 g/mol. The Labute approximate surface area is 171 Å². The van der Waals surface area contributed by atoms with E-state index in [1.165, 1.54) is 25.0 Å². The van der Waals surface area contributed by atoms with Crippen LogP contribution in [0.1, 0.15) is 42.1 Å². The van der Waals surface area contributed by atoms with Gasteiger partial charge in [0.2, 0.25) is 5.91 Å². The van der Waals surface area contributed by atoms with Crippen LogP contribution in [-0.4, -0.2) is 24.9 Å². The summed E-state index contributed by atoms with van der Waals surface area (Å²) in [6, 6.07) is 12.8. The van der Waals surface area contributed by atoms with Crippen molar-refractivity contribution in [2.45, 2.75) is 32.7 Å². The molecular weight excluding hydrogens is 369 g/mol. The molecule has 2 atom stereocenters. The van der Waals surface area contributed by atoms with E-state index in [0.717, 1.165) is 18.7 Å². The lowest BCUT2D eigenvalue weighted by atomic mass is 9.85. The smallest absolute Gasteiger partial charge is 0.251 e. The van der Waals surface area contributed by atoms with Crippen molar-refractivity contribution in [3.8, 4) is 0 Å². The molecule has 0 aromatic heterocycles. The van der Waals surface area contributed by atoms with Gasteiger partial charge < -0.3 is 16.0 Å². The highest BCUT2D eigenvalue weighted by atomic mass is 19.1. The van der Waals surface area contributed by atoms with Crippen LogP contribution in [0.4, 0.5) is 10.1 Å². The Bertz CT molecular complexity index is 815. The fraction of sp³-hybridized carbons (Fsp3) is 0.391. The molecule has 6 heteroatoms. The molecule has 2 aromatic carbocycles. The minimum absolute atomic E-state index is 0.00316. The lowest BCUT2D eigenvalue weighted by Gasteiger charge is -2.28. The Morgan fingerprint density at radius 3 is 2.52 bits per heavy atom. The van der Waals surface area contributed by atoms with Gasteiger partial charge in [-0.2, -0.15) is 0 Å². The third kappa shape index (κ3) is 6.39. The minimum atomic E-state index is -0.303. The van der Waals surface area contributed by atoms with Crippen molar-refractivity contribution in [2.75, 3.05) is 18.4 Å². The van der Waals surface area contributed by atoms with Crippen molar-refractivity contribution in [1.29, 1.82) is 0 Å². The lowest BCUT2D eigenvalue weighted by molar-refractivity contribution is -0.117. The molecule has 0 bridgehead atoms. The van der Waals surface area contributed by atoms with Crippen LogP contribution < -0.4 is 16.0 Å². The molecule has 0 aliphatic carbocycles. The number of carbonyl (C=O) groups excluding carboxylic acids is 2. The third-order valence-corrected chi connectivity index (χ3v) is 5.44. The predicted molar refractivity (Wildman–Crippen MR) is 112 cm³/mol. The SMILES string of the molecule is CC(CC(=O)Nc1ccc(C(=O)NCc2ccc(F)cc2)cc1)C1CCCNC1. The van der Waals surface area contributed by atoms with Crippen LogP contribution in [0.2, 0.25) is 0 Å². The molecule has 0 spiro atoms. The zero-order valence-electron chi connectivity index (χ0n) is 16.7. The van der Waals surface area contributed by atoms with Crippen molar-refractivity contribution in [2.24, 2.45) is 11.8 Å². The first-order valence-corrected chi connectivity index (χ1v) is 10.1. The Balaban J connectivity index is 1.46. The van der Waals surface area contributed by atoms with Gasteiger partial charge in [0.1, 0.15) is 5.82 Å². The lowest BCUT2D eigenvalue weighted by Crippen LogP contribution is -2.34. The molecule has 0 radical (unpaired) electrons. The summed E-state index contributed by atoms with van der Waals surface area (Å²) in [5.74, 6) is 0.353. The summed E-state index contributed by atoms with van der Waals surface area (Å²) in [7, 11) is 0. The van der Waals surface area contributed by atoms with Crippen LogP contribution in [0.3, 0.4) is 0 Å². The molecule has 1 saturated heterocycles. The van der Waals surface area contributed by atoms with Gasteiger partial charge in [-0.25, -0.2) is 4.39 Å². The normalized spacial score (nSPS) is 17.4. The summed E-state index contributed by atoms with van der Waals surface area (Å²) in [5.41, 5.74) is 2.01. The number of anilines is 1. The number of halogens is 1. The van der Waals surface area contributed by atoms with Crippen LogP contribution in [0.15, 0.2) is 48.5 Å². The molecule has 3 N–H and O–H groups in total. The van der Waals surface area contributed by atoms with Gasteiger partial charge in [0.25, 0.3) is 5.91 Å². The molecule has 1 heterocycles. The van der Waals surface area contributed by atoms with Crippen molar-refractivity contribution in [3.05, 3.63) is 65.5 Å². The Kier molecular flexibility index (Phi) is 7.36. The quantitative estimate of drug-likeness (QED) is 0.667. The summed E-state index contributed by atoms with van der Waals surface area (Å²) in [5, 5.41) is 9.11. The molecule has 29 heavy (non-hydrogen) atoms. The van der Waals surface area contributed by atoms with Crippen LogP contribution in [0.25, 0.3) is 0 Å². The summed E-state index contributed by atoms with van der Waals surface area (Å²) in [6.07, 6.45) is 2.83. The van der Waals surface area contributed by atoms with Crippen molar-refractivity contribution >= 4 is 17.5 Å². The Hall–Kier alpha value is -2.73. The van der Waals surface area contributed by atoms with Crippen LogP contribution in [-0.2, 0) is 11.3 Å². The first-order chi connectivity index (χ1) is 14.0. The van der Waals surface area contributed by atoms with Gasteiger partial charge in [-0.15, -0.1) is 0 Å². The molecule has 2 unspecified atom stereocenters. The zero-order chi connectivity index (χ0) is 20.6. The standard InChI is InChI=1S/C23H28FN3O2/c1-16(19-3-2-12-25-15-19)13-22(28)27-21-10-6-18(7-11-21)23(29)26-14-17-4-8-20(24)9-5-17/h4-11,16,19,25H,2-3,12-15H2,1H3,(H,26,29)(H,27,28). The summed E-state index contributed by atoms with van der Waals surface area (Å²) < 4.78 is 12.9. The van der Waals surface area contributed by atoms with E-state index in [4.69, 9.17) is 0 Å². The van der Waals surface area contributed by atoms with E-state index in [-0.39, 0.29) is 17.6 Å². The van der Waals surface area contributed by atoms with Gasteiger partial charge in [0.15, 0.2) is 0 Å². The molecule has 5 nitrogen and oxygen atoms in total. The fourth-order valence-corrected chi connectivity index (χ4v) is 3.63. The van der Waals surface area contributed by atoms with Crippen LogP contribution in [0, 0.1) is 17.7 Å². The second-order valence-corrected chi connectivity index (χ2v) is 7.72. The average Bonchev–Trinajstić information content (AvgIpc) is 2.74. The van der Waals surface area contributed by atoms with Gasteiger partial charge in [-0.3, -0.25) is 9.59 Å². The highest BCUT2D eigenvalue weighted by molar-refractivity contribution is 5.95. The number of rotatable bonds is 7. The molecule has 0 saturated carbocycles. The van der Waals surface area contributed by atoms with Gasteiger partial charge in [-0.05, 0) is 79.7 Å². The van der Waals surface area contributed by atoms with Crippen molar-refractivity contribution in [3.63, 3.8) is 0 Å². The van der Waals surface area contributed by atoms with E-state index in [1.807, 2.05) is 0 Å². The van der Waals surface area contributed by atoms with E-state index < -0.39 is 0 Å². The Morgan fingerprint density at radius 2 is 1.86 bits per heavy atom. The highest BCUT2D eigenvalue weighted by Gasteiger charge is 2.22. The number of piperidine rings is 1. The molecule has 1 aliphatic rings. The molecule has 1 fully saturated rings. The average molecular weight is 397 g/mol. The molecule has 3 rings (SSSR count). The molecule has 2 amide bonds. The van der Waals surface area contributed by atoms with Crippen LogP contribution in [0.5, 0.6) is 0 Å². The summed E-state index contributed by atoms with van der Waals surface area (Å²) in [6.45, 7) is 4.51. The first kappa shape index (κ1) is 21.0. The fourth-order valence-electron chi connectivity index (χ4n) is 3.63. The van der Waals surface area contributed by atoms with Gasteiger partial charge in [0, 0.05) is 24.2 Å². The maximum absolute atomic E-state index is 12.9. The van der Waals surface area contributed by atoms with Gasteiger partial charge in [0.05, 0.1) is 0 Å². The molecule has 154 valence electrons. The molecular formula is C23H28FN3O2. The zero-order valence-corrected chi connectivity index (χ0v) is 16.7. The minimum Gasteiger partial charge on any atom is -0.348 e. The number of hydrogen-bond donors (Lipinski definition) is 3. The van der Waals surface area contributed by atoms with E-state index >= 15 is 0 Å². The van der Waals surface area contributed by atoms with Gasteiger partial charge >= 0.3 is 0 Å². The van der Waals surface area contributed by atoms with E-state index in [0.29, 0.717) is 36.1 Å². The van der Waals surface area contributed by atoms with E-state index in [1.54, 1.807) is 36.4 Å². The van der Waals surface area contributed by atoms with Crippen molar-refractivity contribution in [1.82, 2.24) is 10.6 Å². The van der Waals surface area contributed by atoms with E-state index in [2.05, 4.69) is 22.9 Å². The largest absolute Gasteiger partial charge is 0.348 e. The number of nitrogens with one attached hydrogen (secondary N) is 3. The van der Waals surface area contributed by atoms with Crippen molar-refractivity contribution < 1.29 is 14.0 Å². The molecule has 2 aromatic rings. The topological polar surface area (TPSA) is 70.2 Å².